The van der Waals surface area contributed by atoms with Crippen molar-refractivity contribution in [2.75, 3.05) is 0 Å². The Bertz CT molecular complexity index is 270. The Hall–Kier alpha value is -0.830. The molecule has 0 saturated heterocycles. The highest BCUT2D eigenvalue weighted by molar-refractivity contribution is 4.92. The molecule has 0 bridgehead atoms. The molecule has 14 heavy (non-hydrogen) atoms. The minimum atomic E-state index is -0.264. The monoisotopic (exact) mass is 196 g/mol. The molecule has 0 saturated carbocycles. The number of aromatic nitrogens is 2. The van der Waals surface area contributed by atoms with E-state index in [9.17, 15) is 5.11 Å². The fourth-order valence-electron chi connectivity index (χ4n) is 1.47. The standard InChI is InChI=1S/C11H20N2O/c1-4-9(3)10(14)8-13-7-6-12-11(13)5-2/h6-7,9-10,14H,4-5,8H2,1-3H3. The number of hydrogen-bond acceptors (Lipinski definition) is 2. The van der Waals surface area contributed by atoms with Gasteiger partial charge in [-0.1, -0.05) is 27.2 Å². The van der Waals surface area contributed by atoms with Gasteiger partial charge in [0.05, 0.1) is 6.10 Å². The topological polar surface area (TPSA) is 38.0 Å². The molecule has 0 aliphatic carbocycles. The maximum atomic E-state index is 9.86. The molecule has 0 aliphatic rings. The van der Waals surface area contributed by atoms with E-state index in [0.717, 1.165) is 18.7 Å². The molecule has 0 aromatic carbocycles. The van der Waals surface area contributed by atoms with E-state index in [1.807, 2.05) is 10.8 Å². The Morgan fingerprint density at radius 2 is 2.21 bits per heavy atom. The molecule has 0 radical (unpaired) electrons. The van der Waals surface area contributed by atoms with Crippen molar-refractivity contribution in [1.29, 1.82) is 0 Å². The van der Waals surface area contributed by atoms with Crippen molar-refractivity contribution in [3.8, 4) is 0 Å². The molecular formula is C11H20N2O. The fraction of sp³-hybridized carbons (Fsp3) is 0.727. The van der Waals surface area contributed by atoms with E-state index in [2.05, 4.69) is 25.8 Å². The van der Waals surface area contributed by atoms with Crippen LogP contribution < -0.4 is 0 Å². The molecule has 1 aromatic rings. The summed E-state index contributed by atoms with van der Waals surface area (Å²) in [4.78, 5) is 4.22. The van der Waals surface area contributed by atoms with Gasteiger partial charge in [0.2, 0.25) is 0 Å². The third-order valence-corrected chi connectivity index (χ3v) is 2.80. The number of rotatable bonds is 5. The molecule has 3 heteroatoms. The molecule has 0 amide bonds. The first-order chi connectivity index (χ1) is 6.69. The van der Waals surface area contributed by atoms with Crippen LogP contribution in [-0.2, 0) is 13.0 Å². The summed E-state index contributed by atoms with van der Waals surface area (Å²) in [6, 6.07) is 0. The van der Waals surface area contributed by atoms with Gasteiger partial charge < -0.3 is 9.67 Å². The summed E-state index contributed by atoms with van der Waals surface area (Å²) in [6.45, 7) is 6.92. The Balaban J connectivity index is 2.59. The van der Waals surface area contributed by atoms with Crippen molar-refractivity contribution in [3.05, 3.63) is 18.2 Å². The van der Waals surface area contributed by atoms with Gasteiger partial charge in [-0.2, -0.15) is 0 Å². The molecular weight excluding hydrogens is 176 g/mol. The van der Waals surface area contributed by atoms with E-state index < -0.39 is 0 Å². The van der Waals surface area contributed by atoms with E-state index in [4.69, 9.17) is 0 Å². The molecule has 0 aliphatic heterocycles. The molecule has 0 fully saturated rings. The van der Waals surface area contributed by atoms with E-state index >= 15 is 0 Å². The number of aliphatic hydroxyl groups is 1. The second-order valence-corrected chi connectivity index (χ2v) is 3.80. The number of imidazole rings is 1. The maximum absolute atomic E-state index is 9.86. The Morgan fingerprint density at radius 1 is 1.50 bits per heavy atom. The first-order valence-electron chi connectivity index (χ1n) is 5.37. The Labute approximate surface area is 85.8 Å². The van der Waals surface area contributed by atoms with Crippen LogP contribution in [0, 0.1) is 5.92 Å². The van der Waals surface area contributed by atoms with Crippen LogP contribution in [-0.4, -0.2) is 20.8 Å². The van der Waals surface area contributed by atoms with Gasteiger partial charge in [-0.15, -0.1) is 0 Å². The minimum absolute atomic E-state index is 0.264. The number of aryl methyl sites for hydroxylation is 1. The van der Waals surface area contributed by atoms with Crippen LogP contribution in [0.5, 0.6) is 0 Å². The minimum Gasteiger partial charge on any atom is -0.391 e. The Kier molecular flexibility index (Phi) is 4.14. The molecule has 2 atom stereocenters. The zero-order chi connectivity index (χ0) is 10.6. The highest BCUT2D eigenvalue weighted by atomic mass is 16.3. The van der Waals surface area contributed by atoms with E-state index in [1.165, 1.54) is 0 Å². The van der Waals surface area contributed by atoms with Crippen LogP contribution >= 0.6 is 0 Å². The van der Waals surface area contributed by atoms with Crippen molar-refractivity contribution < 1.29 is 5.11 Å². The molecule has 3 nitrogen and oxygen atoms in total. The summed E-state index contributed by atoms with van der Waals surface area (Å²) in [6.07, 6.45) is 5.39. The van der Waals surface area contributed by atoms with Crippen LogP contribution in [0.4, 0.5) is 0 Å². The lowest BCUT2D eigenvalue weighted by Crippen LogP contribution is -2.23. The predicted molar refractivity (Wildman–Crippen MR) is 57.1 cm³/mol. The Morgan fingerprint density at radius 3 is 2.79 bits per heavy atom. The zero-order valence-corrected chi connectivity index (χ0v) is 9.27. The lowest BCUT2D eigenvalue weighted by atomic mass is 10.0. The summed E-state index contributed by atoms with van der Waals surface area (Å²) in [7, 11) is 0. The molecule has 1 rings (SSSR count). The summed E-state index contributed by atoms with van der Waals surface area (Å²) in [5.41, 5.74) is 0. The number of nitrogens with zero attached hydrogens (tertiary/aromatic N) is 2. The largest absolute Gasteiger partial charge is 0.391 e. The first-order valence-corrected chi connectivity index (χ1v) is 5.37. The van der Waals surface area contributed by atoms with Crippen molar-refractivity contribution in [2.24, 2.45) is 5.92 Å². The summed E-state index contributed by atoms with van der Waals surface area (Å²) in [5, 5.41) is 9.86. The smallest absolute Gasteiger partial charge is 0.108 e. The van der Waals surface area contributed by atoms with Gasteiger partial charge in [-0.05, 0) is 5.92 Å². The molecule has 80 valence electrons. The third kappa shape index (κ3) is 2.58. The van der Waals surface area contributed by atoms with Crippen molar-refractivity contribution >= 4 is 0 Å². The highest BCUT2D eigenvalue weighted by Gasteiger charge is 2.13. The third-order valence-electron chi connectivity index (χ3n) is 2.80. The van der Waals surface area contributed by atoms with Gasteiger partial charge in [-0.25, -0.2) is 4.98 Å². The van der Waals surface area contributed by atoms with E-state index in [0.29, 0.717) is 12.5 Å². The van der Waals surface area contributed by atoms with Crippen molar-refractivity contribution in [2.45, 2.75) is 46.3 Å². The fourth-order valence-corrected chi connectivity index (χ4v) is 1.47. The van der Waals surface area contributed by atoms with Gasteiger partial charge in [-0.3, -0.25) is 0 Å². The maximum Gasteiger partial charge on any atom is 0.108 e. The van der Waals surface area contributed by atoms with Crippen molar-refractivity contribution in [1.82, 2.24) is 9.55 Å². The van der Waals surface area contributed by atoms with Crippen LogP contribution in [0.3, 0.4) is 0 Å². The van der Waals surface area contributed by atoms with Gasteiger partial charge in [0, 0.05) is 25.4 Å². The van der Waals surface area contributed by atoms with Gasteiger partial charge in [0.15, 0.2) is 0 Å². The predicted octanol–water partition coefficient (Wildman–Crippen LogP) is 1.85. The molecule has 1 aromatic heterocycles. The summed E-state index contributed by atoms with van der Waals surface area (Å²) >= 11 is 0. The van der Waals surface area contributed by atoms with Gasteiger partial charge in [0.1, 0.15) is 5.82 Å². The van der Waals surface area contributed by atoms with Crippen LogP contribution in [0.1, 0.15) is 33.0 Å². The zero-order valence-electron chi connectivity index (χ0n) is 9.27. The SMILES string of the molecule is CCc1nccn1CC(O)C(C)CC. The van der Waals surface area contributed by atoms with Gasteiger partial charge in [0.25, 0.3) is 0 Å². The lowest BCUT2D eigenvalue weighted by molar-refractivity contribution is 0.0957. The summed E-state index contributed by atoms with van der Waals surface area (Å²) < 4.78 is 2.04. The van der Waals surface area contributed by atoms with Crippen molar-refractivity contribution in [3.63, 3.8) is 0 Å². The molecule has 2 unspecified atom stereocenters. The summed E-state index contributed by atoms with van der Waals surface area (Å²) in [5.74, 6) is 1.40. The number of hydrogen-bond donors (Lipinski definition) is 1. The average molecular weight is 196 g/mol. The second kappa shape index (κ2) is 5.15. The molecule has 1 N–H and O–H groups in total. The normalized spacial score (nSPS) is 15.4. The van der Waals surface area contributed by atoms with E-state index in [1.54, 1.807) is 6.20 Å². The van der Waals surface area contributed by atoms with Crippen LogP contribution in [0.25, 0.3) is 0 Å². The second-order valence-electron chi connectivity index (χ2n) is 3.80. The quantitative estimate of drug-likeness (QED) is 0.780. The highest BCUT2D eigenvalue weighted by Crippen LogP contribution is 2.10. The molecule has 0 spiro atoms. The number of aliphatic hydroxyl groups excluding tert-OH is 1. The molecule has 1 heterocycles. The van der Waals surface area contributed by atoms with Crippen LogP contribution in [0.2, 0.25) is 0 Å². The first kappa shape index (κ1) is 11.2. The van der Waals surface area contributed by atoms with Crippen LogP contribution in [0.15, 0.2) is 12.4 Å². The lowest BCUT2D eigenvalue weighted by Gasteiger charge is -2.18. The van der Waals surface area contributed by atoms with Gasteiger partial charge >= 0.3 is 0 Å². The van der Waals surface area contributed by atoms with E-state index in [-0.39, 0.29) is 6.10 Å². The average Bonchev–Trinajstić information content (AvgIpc) is 2.63.